The molecule has 0 aromatic carbocycles. The number of amides is 2. The lowest BCUT2D eigenvalue weighted by Gasteiger charge is -2.30. The Morgan fingerprint density at radius 2 is 1.27 bits per heavy atom. The van der Waals surface area contributed by atoms with Crippen molar-refractivity contribution in [2.45, 2.75) is 117 Å². The summed E-state index contributed by atoms with van der Waals surface area (Å²) in [5.41, 5.74) is -2.12. The van der Waals surface area contributed by atoms with E-state index in [-0.39, 0.29) is 19.6 Å². The van der Waals surface area contributed by atoms with E-state index in [1.54, 1.807) is 67.2 Å². The maximum atomic E-state index is 12.8. The lowest BCUT2D eigenvalue weighted by Crippen LogP contribution is -2.48. The monoisotopic (exact) mass is 474 g/mol. The number of carbonyl (C=O) groups excluding carboxylic acids is 3. The Balaban J connectivity index is 5.35. The number of rotatable bonds is 11. The van der Waals surface area contributed by atoms with Gasteiger partial charge in [0.25, 0.3) is 0 Å². The second kappa shape index (κ2) is 13.6. The van der Waals surface area contributed by atoms with Gasteiger partial charge in [-0.1, -0.05) is 12.8 Å². The zero-order valence-electron chi connectivity index (χ0n) is 22.1. The highest BCUT2D eigenvalue weighted by Crippen LogP contribution is 2.15. The second-order valence-electron chi connectivity index (χ2n) is 11.1. The minimum atomic E-state index is -0.988. The van der Waals surface area contributed by atoms with Crippen LogP contribution in [0.2, 0.25) is 0 Å². The van der Waals surface area contributed by atoms with E-state index in [1.165, 1.54) is 0 Å². The van der Waals surface area contributed by atoms with E-state index in [0.717, 1.165) is 19.3 Å². The molecule has 1 atom stereocenters. The Morgan fingerprint density at radius 1 is 0.758 bits per heavy atom. The standard InChI is InChI=1S/C24H46N2O7/c1-22(2,3)31-19(28)18(25-20(29)32-23(4,5)6)14-16-26(15-12-10-11-13-17-27)21(30)33-24(7,8)9/h18,27H,10-17H2,1-9H3,(H,25,29)/t18-/m0/s1. The molecule has 0 aliphatic rings. The van der Waals surface area contributed by atoms with Crippen molar-refractivity contribution in [2.24, 2.45) is 0 Å². The van der Waals surface area contributed by atoms with Crippen LogP contribution >= 0.6 is 0 Å². The van der Waals surface area contributed by atoms with Crippen LogP contribution in [0.1, 0.15) is 94.4 Å². The summed E-state index contributed by atoms with van der Waals surface area (Å²) < 4.78 is 16.3. The number of unbranched alkanes of at least 4 members (excludes halogenated alkanes) is 3. The molecule has 9 heteroatoms. The van der Waals surface area contributed by atoms with Crippen LogP contribution in [0.3, 0.4) is 0 Å². The van der Waals surface area contributed by atoms with Crippen LogP contribution in [-0.2, 0) is 19.0 Å². The number of nitrogens with one attached hydrogen (secondary N) is 1. The fourth-order valence-corrected chi connectivity index (χ4v) is 2.75. The van der Waals surface area contributed by atoms with Crippen molar-refractivity contribution in [3.05, 3.63) is 0 Å². The van der Waals surface area contributed by atoms with E-state index in [9.17, 15) is 14.4 Å². The van der Waals surface area contributed by atoms with Crippen LogP contribution in [0.4, 0.5) is 9.59 Å². The van der Waals surface area contributed by atoms with Crippen LogP contribution in [0, 0.1) is 0 Å². The Hall–Kier alpha value is -2.03. The number of alkyl carbamates (subject to hydrolysis) is 1. The molecule has 0 unspecified atom stereocenters. The Labute approximate surface area is 199 Å². The molecule has 194 valence electrons. The summed E-state index contributed by atoms with van der Waals surface area (Å²) >= 11 is 0. The highest BCUT2D eigenvalue weighted by atomic mass is 16.6. The summed E-state index contributed by atoms with van der Waals surface area (Å²) in [6.07, 6.45) is 2.09. The molecule has 2 amide bonds. The molecule has 0 saturated heterocycles. The third-order valence-electron chi connectivity index (χ3n) is 4.06. The van der Waals surface area contributed by atoms with Gasteiger partial charge in [-0.3, -0.25) is 0 Å². The van der Waals surface area contributed by atoms with Gasteiger partial charge in [-0.2, -0.15) is 0 Å². The molecule has 0 aliphatic carbocycles. The molecule has 0 spiro atoms. The third kappa shape index (κ3) is 17.2. The average Bonchev–Trinajstić information content (AvgIpc) is 2.58. The van der Waals surface area contributed by atoms with Crippen molar-refractivity contribution in [3.8, 4) is 0 Å². The van der Waals surface area contributed by atoms with Crippen LogP contribution in [0.15, 0.2) is 0 Å². The molecular formula is C24H46N2O7. The first-order chi connectivity index (χ1) is 14.9. The largest absolute Gasteiger partial charge is 0.458 e. The number of hydrogen-bond donors (Lipinski definition) is 2. The summed E-state index contributed by atoms with van der Waals surface area (Å²) in [7, 11) is 0. The lowest BCUT2D eigenvalue weighted by molar-refractivity contribution is -0.157. The van der Waals surface area contributed by atoms with E-state index >= 15 is 0 Å². The van der Waals surface area contributed by atoms with Crippen LogP contribution in [-0.4, -0.2) is 70.7 Å². The molecule has 0 fully saturated rings. The molecule has 0 aromatic heterocycles. The fraction of sp³-hybridized carbons (Fsp3) is 0.875. The van der Waals surface area contributed by atoms with Gasteiger partial charge in [-0.25, -0.2) is 14.4 Å². The van der Waals surface area contributed by atoms with Crippen molar-refractivity contribution >= 4 is 18.2 Å². The summed E-state index contributed by atoms with van der Waals surface area (Å²) in [6.45, 7) is 16.6. The first-order valence-electron chi connectivity index (χ1n) is 11.7. The summed E-state index contributed by atoms with van der Waals surface area (Å²) in [5.74, 6) is -0.597. The minimum Gasteiger partial charge on any atom is -0.458 e. The smallest absolute Gasteiger partial charge is 0.410 e. The number of nitrogens with zero attached hydrogens (tertiary/aromatic N) is 1. The molecule has 2 N–H and O–H groups in total. The Bertz CT molecular complexity index is 616. The first-order valence-corrected chi connectivity index (χ1v) is 11.7. The molecule has 33 heavy (non-hydrogen) atoms. The van der Waals surface area contributed by atoms with Crippen molar-refractivity contribution in [1.29, 1.82) is 0 Å². The van der Waals surface area contributed by atoms with E-state index in [1.807, 2.05) is 0 Å². The van der Waals surface area contributed by atoms with Crippen molar-refractivity contribution < 1.29 is 33.7 Å². The SMILES string of the molecule is CC(C)(C)OC(=O)N[C@@H](CCN(CCCCCCO)C(=O)OC(C)(C)C)C(=O)OC(C)(C)C. The molecule has 9 nitrogen and oxygen atoms in total. The van der Waals surface area contributed by atoms with Crippen molar-refractivity contribution in [3.63, 3.8) is 0 Å². The highest BCUT2D eigenvalue weighted by molar-refractivity contribution is 5.81. The number of ether oxygens (including phenoxy) is 3. The molecule has 0 saturated carbocycles. The maximum absolute atomic E-state index is 12.8. The second-order valence-corrected chi connectivity index (χ2v) is 11.1. The summed E-state index contributed by atoms with van der Waals surface area (Å²) in [6, 6.07) is -0.988. The minimum absolute atomic E-state index is 0.143. The van der Waals surface area contributed by atoms with Gasteiger partial charge in [0, 0.05) is 19.7 Å². The van der Waals surface area contributed by atoms with Gasteiger partial charge in [0.05, 0.1) is 0 Å². The highest BCUT2D eigenvalue weighted by Gasteiger charge is 2.30. The number of carbonyl (C=O) groups is 3. The summed E-state index contributed by atoms with van der Waals surface area (Å²) in [5, 5.41) is 11.5. The van der Waals surface area contributed by atoms with Crippen molar-refractivity contribution in [1.82, 2.24) is 10.2 Å². The number of aliphatic hydroxyl groups excluding tert-OH is 1. The Kier molecular flexibility index (Phi) is 12.8. The van der Waals surface area contributed by atoms with E-state index < -0.39 is 41.0 Å². The van der Waals surface area contributed by atoms with Gasteiger partial charge in [0.2, 0.25) is 0 Å². The molecule has 0 aromatic rings. The van der Waals surface area contributed by atoms with E-state index in [2.05, 4.69) is 5.32 Å². The quantitative estimate of drug-likeness (QED) is 0.259. The first kappa shape index (κ1) is 31.0. The van der Waals surface area contributed by atoms with Crippen molar-refractivity contribution in [2.75, 3.05) is 19.7 Å². The predicted octanol–water partition coefficient (Wildman–Crippen LogP) is 4.40. The van der Waals surface area contributed by atoms with Gasteiger partial charge in [0.1, 0.15) is 22.8 Å². The number of esters is 1. The Morgan fingerprint density at radius 3 is 1.76 bits per heavy atom. The topological polar surface area (TPSA) is 114 Å². The fourth-order valence-electron chi connectivity index (χ4n) is 2.75. The maximum Gasteiger partial charge on any atom is 0.410 e. The number of aliphatic hydroxyl groups is 1. The van der Waals surface area contributed by atoms with Crippen LogP contribution in [0.25, 0.3) is 0 Å². The van der Waals surface area contributed by atoms with Crippen LogP contribution in [0.5, 0.6) is 0 Å². The third-order valence-corrected chi connectivity index (χ3v) is 4.06. The van der Waals surface area contributed by atoms with Gasteiger partial charge in [-0.15, -0.1) is 0 Å². The molecule has 0 radical (unpaired) electrons. The van der Waals surface area contributed by atoms with Gasteiger partial charge >= 0.3 is 18.2 Å². The van der Waals surface area contributed by atoms with Gasteiger partial charge in [0.15, 0.2) is 0 Å². The van der Waals surface area contributed by atoms with E-state index in [4.69, 9.17) is 19.3 Å². The van der Waals surface area contributed by atoms with Crippen LogP contribution < -0.4 is 5.32 Å². The lowest BCUT2D eigenvalue weighted by atomic mass is 10.1. The molecule has 0 bridgehead atoms. The van der Waals surface area contributed by atoms with E-state index in [0.29, 0.717) is 13.0 Å². The average molecular weight is 475 g/mol. The zero-order valence-corrected chi connectivity index (χ0v) is 22.1. The molecular weight excluding hydrogens is 428 g/mol. The molecule has 0 heterocycles. The van der Waals surface area contributed by atoms with Gasteiger partial charge in [-0.05, 0) is 81.6 Å². The summed E-state index contributed by atoms with van der Waals surface area (Å²) in [4.78, 5) is 39.3. The molecule has 0 aliphatic heterocycles. The zero-order chi connectivity index (χ0) is 25.9. The predicted molar refractivity (Wildman–Crippen MR) is 127 cm³/mol. The molecule has 0 rings (SSSR count). The normalized spacial score (nSPS) is 13.2. The number of hydrogen-bond acceptors (Lipinski definition) is 7. The van der Waals surface area contributed by atoms with Gasteiger partial charge < -0.3 is 29.5 Å².